The lowest BCUT2D eigenvalue weighted by Gasteiger charge is -2.35. The van der Waals surface area contributed by atoms with E-state index >= 15 is 0 Å². The van der Waals surface area contributed by atoms with E-state index in [0.717, 1.165) is 16.8 Å². The topological polar surface area (TPSA) is 66.7 Å². The number of para-hydroxylation sites is 1. The molecule has 3 heterocycles. The van der Waals surface area contributed by atoms with Crippen molar-refractivity contribution in [2.24, 2.45) is 0 Å². The number of hydrogen-bond donors (Lipinski definition) is 0. The van der Waals surface area contributed by atoms with Crippen LogP contribution in [0.25, 0.3) is 11.0 Å². The van der Waals surface area contributed by atoms with Crippen LogP contribution in [-0.4, -0.2) is 47.8 Å². The van der Waals surface area contributed by atoms with Gasteiger partial charge in [-0.3, -0.25) is 9.59 Å². The second-order valence-corrected chi connectivity index (χ2v) is 8.41. The minimum absolute atomic E-state index is 0.0683. The monoisotopic (exact) mass is 457 g/mol. The summed E-state index contributed by atoms with van der Waals surface area (Å²) in [6.45, 7) is 2.41. The van der Waals surface area contributed by atoms with E-state index in [1.54, 1.807) is 35.4 Å². The van der Waals surface area contributed by atoms with Gasteiger partial charge in [-0.2, -0.15) is 0 Å². The van der Waals surface area contributed by atoms with Crippen LogP contribution in [0.3, 0.4) is 0 Å². The van der Waals surface area contributed by atoms with Crippen molar-refractivity contribution in [1.82, 2.24) is 9.88 Å². The molecule has 0 radical (unpaired) electrons. The first kappa shape index (κ1) is 21.8. The molecule has 1 fully saturated rings. The fourth-order valence-corrected chi connectivity index (χ4v) is 4.20. The van der Waals surface area contributed by atoms with Gasteiger partial charge in [0.05, 0.1) is 6.42 Å². The molecule has 1 aliphatic heterocycles. The van der Waals surface area contributed by atoms with Crippen LogP contribution >= 0.6 is 0 Å². The Balaban J connectivity index is 1.16. The van der Waals surface area contributed by atoms with Crippen LogP contribution in [0.5, 0.6) is 0 Å². The van der Waals surface area contributed by atoms with Crippen molar-refractivity contribution < 1.29 is 18.4 Å². The van der Waals surface area contributed by atoms with Crippen LogP contribution in [-0.2, 0) is 17.6 Å². The molecule has 5 rings (SSSR count). The number of benzene rings is 2. The number of aromatic nitrogens is 1. The minimum Gasteiger partial charge on any atom is -0.453 e. The van der Waals surface area contributed by atoms with Crippen molar-refractivity contribution in [3.63, 3.8) is 0 Å². The maximum Gasteiger partial charge on any atom is 0.227 e. The van der Waals surface area contributed by atoms with Gasteiger partial charge in [-0.05, 0) is 35.4 Å². The number of furan rings is 1. The number of Topliss-reactive ketones (excluding diaryl/α,β-unsaturated/α-hetero) is 1. The average Bonchev–Trinajstić information content (AvgIpc) is 3.31. The summed E-state index contributed by atoms with van der Waals surface area (Å²) in [5.41, 5.74) is 1.93. The molecule has 0 spiro atoms. The third-order valence-corrected chi connectivity index (χ3v) is 6.13. The number of hydrogen-bond acceptors (Lipinski definition) is 5. The first-order valence-electron chi connectivity index (χ1n) is 11.3. The second-order valence-electron chi connectivity index (χ2n) is 8.41. The molecule has 0 atom stereocenters. The summed E-state index contributed by atoms with van der Waals surface area (Å²) >= 11 is 0. The Labute approximate surface area is 196 Å². The maximum atomic E-state index is 13.8. The Morgan fingerprint density at radius 3 is 2.41 bits per heavy atom. The van der Waals surface area contributed by atoms with Crippen LogP contribution in [0.4, 0.5) is 10.2 Å². The number of halogens is 1. The van der Waals surface area contributed by atoms with Gasteiger partial charge < -0.3 is 14.2 Å². The van der Waals surface area contributed by atoms with Crippen LogP contribution in [0.2, 0.25) is 0 Å². The molecule has 2 aromatic carbocycles. The second kappa shape index (κ2) is 9.47. The molecule has 1 aliphatic rings. The lowest BCUT2D eigenvalue weighted by Crippen LogP contribution is -2.49. The van der Waals surface area contributed by atoms with Crippen LogP contribution in [0.1, 0.15) is 21.7 Å². The van der Waals surface area contributed by atoms with Crippen molar-refractivity contribution in [3.05, 3.63) is 95.6 Å². The summed E-state index contributed by atoms with van der Waals surface area (Å²) in [5, 5.41) is 0.908. The molecule has 2 aromatic heterocycles. The van der Waals surface area contributed by atoms with E-state index in [-0.39, 0.29) is 30.3 Å². The molecule has 1 amide bonds. The van der Waals surface area contributed by atoms with Gasteiger partial charge in [0.2, 0.25) is 11.7 Å². The van der Waals surface area contributed by atoms with E-state index in [9.17, 15) is 14.0 Å². The molecule has 0 unspecified atom stereocenters. The SMILES string of the molecule is O=C(Cc1ccc(N2CCN(C(=O)Cc3ccccc3F)CC2)nc1)c1cc2ccccc2o1. The molecule has 0 bridgehead atoms. The number of anilines is 1. The predicted molar refractivity (Wildman–Crippen MR) is 127 cm³/mol. The van der Waals surface area contributed by atoms with Crippen molar-refractivity contribution in [2.45, 2.75) is 12.8 Å². The van der Waals surface area contributed by atoms with E-state index in [0.29, 0.717) is 43.1 Å². The van der Waals surface area contributed by atoms with Gasteiger partial charge >= 0.3 is 0 Å². The highest BCUT2D eigenvalue weighted by Crippen LogP contribution is 2.21. The third kappa shape index (κ3) is 4.69. The zero-order chi connectivity index (χ0) is 23.5. The Hall–Kier alpha value is -4.00. The molecule has 34 heavy (non-hydrogen) atoms. The third-order valence-electron chi connectivity index (χ3n) is 6.13. The van der Waals surface area contributed by atoms with Gasteiger partial charge in [-0.15, -0.1) is 0 Å². The van der Waals surface area contributed by atoms with Crippen molar-refractivity contribution in [1.29, 1.82) is 0 Å². The first-order valence-corrected chi connectivity index (χ1v) is 11.3. The van der Waals surface area contributed by atoms with Crippen molar-refractivity contribution in [2.75, 3.05) is 31.1 Å². The molecule has 172 valence electrons. The normalized spacial score (nSPS) is 13.9. The number of amides is 1. The first-order chi connectivity index (χ1) is 16.6. The minimum atomic E-state index is -0.349. The van der Waals surface area contributed by atoms with E-state index in [1.165, 1.54) is 6.07 Å². The van der Waals surface area contributed by atoms with Gasteiger partial charge in [0, 0.05) is 44.2 Å². The Kier molecular flexibility index (Phi) is 6.08. The zero-order valence-electron chi connectivity index (χ0n) is 18.6. The molecule has 6 nitrogen and oxygen atoms in total. The van der Waals surface area contributed by atoms with Gasteiger partial charge in [0.15, 0.2) is 5.76 Å². The van der Waals surface area contributed by atoms with E-state index in [2.05, 4.69) is 9.88 Å². The van der Waals surface area contributed by atoms with E-state index in [4.69, 9.17) is 4.42 Å². The molecule has 0 N–H and O–H groups in total. The van der Waals surface area contributed by atoms with Gasteiger partial charge in [0.1, 0.15) is 17.2 Å². The number of nitrogens with zero attached hydrogens (tertiary/aromatic N) is 3. The fraction of sp³-hybridized carbons (Fsp3) is 0.222. The fourth-order valence-electron chi connectivity index (χ4n) is 4.20. The predicted octanol–water partition coefficient (Wildman–Crippen LogP) is 4.28. The Morgan fingerprint density at radius 1 is 0.912 bits per heavy atom. The summed E-state index contributed by atoms with van der Waals surface area (Å²) in [6.07, 6.45) is 2.00. The summed E-state index contributed by atoms with van der Waals surface area (Å²) in [5.74, 6) is 0.644. The number of ketones is 1. The molecule has 7 heteroatoms. The number of carbonyl (C=O) groups is 2. The van der Waals surface area contributed by atoms with E-state index < -0.39 is 0 Å². The van der Waals surface area contributed by atoms with Crippen LogP contribution in [0, 0.1) is 5.82 Å². The van der Waals surface area contributed by atoms with Gasteiger partial charge in [-0.1, -0.05) is 42.5 Å². The Bertz CT molecular complexity index is 1290. The number of rotatable bonds is 6. The summed E-state index contributed by atoms with van der Waals surface area (Å²) in [7, 11) is 0. The number of piperazine rings is 1. The largest absolute Gasteiger partial charge is 0.453 e. The molecular formula is C27H24FN3O3. The molecule has 0 saturated carbocycles. The number of fused-ring (bicyclic) bond motifs is 1. The number of pyridine rings is 1. The zero-order valence-corrected chi connectivity index (χ0v) is 18.6. The lowest BCUT2D eigenvalue weighted by molar-refractivity contribution is -0.130. The summed E-state index contributed by atoms with van der Waals surface area (Å²) in [4.78, 5) is 33.6. The smallest absolute Gasteiger partial charge is 0.227 e. The molecule has 4 aromatic rings. The molecule has 1 saturated heterocycles. The van der Waals surface area contributed by atoms with Crippen molar-refractivity contribution >= 4 is 28.5 Å². The summed E-state index contributed by atoms with van der Waals surface area (Å²) < 4.78 is 19.5. The van der Waals surface area contributed by atoms with Gasteiger partial charge in [-0.25, -0.2) is 9.37 Å². The maximum absolute atomic E-state index is 13.8. The highest BCUT2D eigenvalue weighted by atomic mass is 19.1. The van der Waals surface area contributed by atoms with Crippen LogP contribution < -0.4 is 4.90 Å². The lowest BCUT2D eigenvalue weighted by atomic mass is 10.1. The van der Waals surface area contributed by atoms with Crippen molar-refractivity contribution in [3.8, 4) is 0 Å². The molecular weight excluding hydrogens is 433 g/mol. The molecule has 0 aliphatic carbocycles. The highest BCUT2D eigenvalue weighted by Gasteiger charge is 2.23. The quantitative estimate of drug-likeness (QED) is 0.404. The van der Waals surface area contributed by atoms with E-state index in [1.807, 2.05) is 36.4 Å². The Morgan fingerprint density at radius 2 is 1.68 bits per heavy atom. The summed E-state index contributed by atoms with van der Waals surface area (Å²) in [6, 6.07) is 19.5. The average molecular weight is 458 g/mol. The van der Waals surface area contributed by atoms with Gasteiger partial charge in [0.25, 0.3) is 0 Å². The number of carbonyl (C=O) groups excluding carboxylic acids is 2. The highest BCUT2D eigenvalue weighted by molar-refractivity contribution is 5.98. The van der Waals surface area contributed by atoms with Crippen LogP contribution in [0.15, 0.2) is 77.3 Å². The standard InChI is InChI=1S/C27H24FN3O3/c28-22-7-3-1-5-20(22)17-27(33)31-13-11-30(12-14-31)26-10-9-19(18-29-26)15-23(32)25-16-21-6-2-4-8-24(21)34-25/h1-10,16,18H,11-15,17H2.